The summed E-state index contributed by atoms with van der Waals surface area (Å²) in [5.74, 6) is -0.386. The Labute approximate surface area is 96.2 Å². The Morgan fingerprint density at radius 3 is 2.62 bits per heavy atom. The third-order valence-corrected chi connectivity index (χ3v) is 1.92. The Kier molecular flexibility index (Phi) is 8.15. The lowest BCUT2D eigenvalue weighted by Crippen LogP contribution is -2.34. The zero-order valence-corrected chi connectivity index (χ0v) is 10.1. The summed E-state index contributed by atoms with van der Waals surface area (Å²) in [6.07, 6.45) is 2.62. The molecule has 2 N–H and O–H groups in total. The van der Waals surface area contributed by atoms with E-state index in [1.807, 2.05) is 6.92 Å². The van der Waals surface area contributed by atoms with E-state index in [0.29, 0.717) is 18.7 Å². The molecule has 0 saturated heterocycles. The number of amides is 1. The van der Waals surface area contributed by atoms with Crippen LogP contribution in [0.5, 0.6) is 0 Å². The number of ether oxygens (including phenoxy) is 1. The zero-order valence-electron chi connectivity index (χ0n) is 10.1. The van der Waals surface area contributed by atoms with Gasteiger partial charge in [-0.2, -0.15) is 0 Å². The van der Waals surface area contributed by atoms with E-state index < -0.39 is 0 Å². The van der Waals surface area contributed by atoms with Gasteiger partial charge in [0.1, 0.15) is 0 Å². The van der Waals surface area contributed by atoms with E-state index in [2.05, 4.69) is 15.4 Å². The Hall–Kier alpha value is -1.36. The van der Waals surface area contributed by atoms with Gasteiger partial charge < -0.3 is 15.4 Å². The van der Waals surface area contributed by atoms with Crippen LogP contribution in [0.25, 0.3) is 0 Å². The monoisotopic (exact) mass is 228 g/mol. The highest BCUT2D eigenvalue weighted by Gasteiger charge is 2.02. The highest BCUT2D eigenvalue weighted by molar-refractivity contribution is 5.87. The second-order valence-electron chi connectivity index (χ2n) is 3.36. The maximum absolute atomic E-state index is 11.2. The molecule has 0 heterocycles. The molecule has 0 aliphatic heterocycles. The van der Waals surface area contributed by atoms with Gasteiger partial charge >= 0.3 is 5.97 Å². The topological polar surface area (TPSA) is 67.4 Å². The molecule has 5 nitrogen and oxygen atoms in total. The predicted octanol–water partition coefficient (Wildman–Crippen LogP) is 0.222. The summed E-state index contributed by atoms with van der Waals surface area (Å²) in [5.41, 5.74) is 0.531. The van der Waals surface area contributed by atoms with Crippen molar-refractivity contribution in [1.29, 1.82) is 0 Å². The van der Waals surface area contributed by atoms with Crippen LogP contribution in [0.15, 0.2) is 11.6 Å². The lowest BCUT2D eigenvalue weighted by atomic mass is 10.3. The van der Waals surface area contributed by atoms with Gasteiger partial charge in [-0.15, -0.1) is 0 Å². The highest BCUT2D eigenvalue weighted by atomic mass is 16.5. The molecule has 0 unspecified atom stereocenters. The average Bonchev–Trinajstić information content (AvgIpc) is 2.30. The second-order valence-corrected chi connectivity index (χ2v) is 3.36. The van der Waals surface area contributed by atoms with E-state index in [-0.39, 0.29) is 18.4 Å². The number of nitrogens with one attached hydrogen (secondary N) is 2. The summed E-state index contributed by atoms with van der Waals surface area (Å²) in [4.78, 5) is 22.1. The average molecular weight is 228 g/mol. The van der Waals surface area contributed by atoms with E-state index in [4.69, 9.17) is 0 Å². The Morgan fingerprint density at radius 1 is 1.38 bits per heavy atom. The van der Waals surface area contributed by atoms with Gasteiger partial charge in [0.05, 0.1) is 13.7 Å². The molecule has 0 spiro atoms. The van der Waals surface area contributed by atoms with Gasteiger partial charge in [-0.25, -0.2) is 4.79 Å². The Morgan fingerprint density at radius 2 is 2.06 bits per heavy atom. The first-order valence-corrected chi connectivity index (χ1v) is 5.34. The van der Waals surface area contributed by atoms with E-state index in [1.54, 1.807) is 13.0 Å². The number of rotatable bonds is 7. The predicted molar refractivity (Wildman–Crippen MR) is 61.9 cm³/mol. The fourth-order valence-electron chi connectivity index (χ4n) is 0.982. The van der Waals surface area contributed by atoms with Crippen LogP contribution < -0.4 is 10.6 Å². The van der Waals surface area contributed by atoms with Gasteiger partial charge in [-0.1, -0.05) is 13.0 Å². The molecule has 0 saturated carbocycles. The molecule has 1 amide bonds. The number of esters is 1. The maximum Gasteiger partial charge on any atom is 0.333 e. The third kappa shape index (κ3) is 7.00. The number of carbonyl (C=O) groups is 2. The van der Waals surface area contributed by atoms with Crippen molar-refractivity contribution in [3.05, 3.63) is 11.6 Å². The Bertz CT molecular complexity index is 262. The molecular formula is C11H20N2O3. The van der Waals surface area contributed by atoms with Crippen molar-refractivity contribution in [2.24, 2.45) is 0 Å². The molecule has 0 aliphatic carbocycles. The summed E-state index contributed by atoms with van der Waals surface area (Å²) in [5, 5.41) is 5.65. The van der Waals surface area contributed by atoms with Crippen LogP contribution in [0, 0.1) is 0 Å². The first kappa shape index (κ1) is 14.6. The third-order valence-electron chi connectivity index (χ3n) is 1.92. The molecule has 0 aromatic carbocycles. The lowest BCUT2D eigenvalue weighted by molar-refractivity contribution is -0.136. The van der Waals surface area contributed by atoms with Crippen molar-refractivity contribution < 1.29 is 14.3 Å². The number of methoxy groups -OCH3 is 1. The lowest BCUT2D eigenvalue weighted by Gasteiger charge is -2.04. The van der Waals surface area contributed by atoms with Gasteiger partial charge in [0, 0.05) is 18.7 Å². The zero-order chi connectivity index (χ0) is 12.4. The van der Waals surface area contributed by atoms with Crippen molar-refractivity contribution in [1.82, 2.24) is 10.6 Å². The SMILES string of the molecule is CCCNC(=O)CNC/C=C(/C)C(=O)OC. The van der Waals surface area contributed by atoms with Crippen LogP contribution in [0.4, 0.5) is 0 Å². The molecule has 0 rings (SSSR count). The first-order valence-electron chi connectivity index (χ1n) is 5.34. The molecule has 16 heavy (non-hydrogen) atoms. The van der Waals surface area contributed by atoms with E-state index in [1.165, 1.54) is 7.11 Å². The smallest absolute Gasteiger partial charge is 0.333 e. The molecule has 92 valence electrons. The van der Waals surface area contributed by atoms with Gasteiger partial charge in [0.2, 0.25) is 5.91 Å². The van der Waals surface area contributed by atoms with Crippen molar-refractivity contribution in [3.8, 4) is 0 Å². The molecule has 0 radical (unpaired) electrons. The minimum Gasteiger partial charge on any atom is -0.466 e. The first-order chi connectivity index (χ1) is 7.61. The summed E-state index contributed by atoms with van der Waals surface area (Å²) in [6.45, 7) is 5.09. The van der Waals surface area contributed by atoms with E-state index in [0.717, 1.165) is 6.42 Å². The molecule has 0 aliphatic rings. The molecule has 0 atom stereocenters. The number of carbonyl (C=O) groups excluding carboxylic acids is 2. The summed E-state index contributed by atoms with van der Waals surface area (Å²) in [7, 11) is 1.34. The van der Waals surface area contributed by atoms with Gasteiger partial charge in [0.25, 0.3) is 0 Å². The molecular weight excluding hydrogens is 208 g/mol. The number of hydrogen-bond donors (Lipinski definition) is 2. The van der Waals surface area contributed by atoms with Gasteiger partial charge in [0.15, 0.2) is 0 Å². The van der Waals surface area contributed by atoms with Crippen LogP contribution in [0.3, 0.4) is 0 Å². The van der Waals surface area contributed by atoms with Crippen LogP contribution in [-0.2, 0) is 14.3 Å². The molecule has 0 aromatic heterocycles. The van der Waals surface area contributed by atoms with Gasteiger partial charge in [-0.05, 0) is 13.3 Å². The second kappa shape index (κ2) is 8.91. The van der Waals surface area contributed by atoms with Crippen molar-refractivity contribution >= 4 is 11.9 Å². The summed E-state index contributed by atoms with van der Waals surface area (Å²) in [6, 6.07) is 0. The normalized spacial score (nSPS) is 11.1. The molecule has 0 bridgehead atoms. The van der Waals surface area contributed by atoms with Crippen LogP contribution in [0.2, 0.25) is 0 Å². The molecule has 0 aromatic rings. The standard InChI is InChI=1S/C11H20N2O3/c1-4-6-13-10(14)8-12-7-5-9(2)11(15)16-3/h5,12H,4,6-8H2,1-3H3,(H,13,14)/b9-5-. The van der Waals surface area contributed by atoms with Crippen molar-refractivity contribution in [2.75, 3.05) is 26.7 Å². The minimum absolute atomic E-state index is 0.0361. The molecule has 0 fully saturated rings. The maximum atomic E-state index is 11.2. The van der Waals surface area contributed by atoms with Crippen LogP contribution in [-0.4, -0.2) is 38.6 Å². The fourth-order valence-corrected chi connectivity index (χ4v) is 0.982. The van der Waals surface area contributed by atoms with Crippen molar-refractivity contribution in [3.63, 3.8) is 0 Å². The highest BCUT2D eigenvalue weighted by Crippen LogP contribution is 1.93. The largest absolute Gasteiger partial charge is 0.466 e. The van der Waals surface area contributed by atoms with Crippen LogP contribution in [0.1, 0.15) is 20.3 Å². The summed E-state index contributed by atoms with van der Waals surface area (Å²) >= 11 is 0. The quantitative estimate of drug-likeness (QED) is 0.371. The Balaban J connectivity index is 3.66. The van der Waals surface area contributed by atoms with Crippen molar-refractivity contribution in [2.45, 2.75) is 20.3 Å². The van der Waals surface area contributed by atoms with Crippen LogP contribution >= 0.6 is 0 Å². The van der Waals surface area contributed by atoms with E-state index >= 15 is 0 Å². The minimum atomic E-state index is -0.350. The number of hydrogen-bond acceptors (Lipinski definition) is 4. The summed E-state index contributed by atoms with van der Waals surface area (Å²) < 4.78 is 4.53. The van der Waals surface area contributed by atoms with E-state index in [9.17, 15) is 9.59 Å². The molecule has 5 heteroatoms. The fraction of sp³-hybridized carbons (Fsp3) is 0.636. The van der Waals surface area contributed by atoms with Gasteiger partial charge in [-0.3, -0.25) is 4.79 Å².